The van der Waals surface area contributed by atoms with Crippen molar-refractivity contribution >= 4 is 16.8 Å². The van der Waals surface area contributed by atoms with Crippen LogP contribution in [0.1, 0.15) is 62.5 Å². The molecule has 0 unspecified atom stereocenters. The van der Waals surface area contributed by atoms with E-state index >= 15 is 0 Å². The predicted octanol–water partition coefficient (Wildman–Crippen LogP) is 3.69. The molecule has 1 amide bonds. The number of benzene rings is 1. The molecule has 164 valence electrons. The second kappa shape index (κ2) is 8.15. The van der Waals surface area contributed by atoms with Gasteiger partial charge in [0.25, 0.3) is 0 Å². The molecule has 3 aromatic rings. The fraction of sp³-hybridized carbons (Fsp3) is 0.520. The maximum absolute atomic E-state index is 13.2. The third-order valence-corrected chi connectivity index (χ3v) is 6.93. The maximum Gasteiger partial charge on any atom is 0.237 e. The van der Waals surface area contributed by atoms with Gasteiger partial charge in [0.15, 0.2) is 0 Å². The SMILES string of the molecule is CC(C)C[C@@H]1N[C@H](C(=O)NC2CCC2)Cc2cn(Cc3nccn3C)c3cccc1c23. The standard InChI is InChI=1S/C25H33N5O/c1-16(2)12-20-19-8-5-9-22-24(19)17(14-30(22)15-23-26-10-11-29(23)3)13-21(28-20)25(31)27-18-6-4-7-18/h5,8-11,14,16,18,20-21,28H,4,6-7,12-13,15H2,1-3H3,(H,27,31)/t20-,21-/m0/s1. The quantitative estimate of drug-likeness (QED) is 0.640. The van der Waals surface area contributed by atoms with E-state index in [0.717, 1.165) is 31.6 Å². The maximum atomic E-state index is 13.2. The summed E-state index contributed by atoms with van der Waals surface area (Å²) in [7, 11) is 2.03. The first-order chi connectivity index (χ1) is 15.0. The van der Waals surface area contributed by atoms with Crippen LogP contribution in [0, 0.1) is 5.92 Å². The Bertz CT molecular complexity index is 1090. The average Bonchev–Trinajstić information content (AvgIpc) is 3.22. The fourth-order valence-electron chi connectivity index (χ4n) is 5.05. The minimum atomic E-state index is -0.205. The molecule has 3 heterocycles. The smallest absolute Gasteiger partial charge is 0.237 e. The molecule has 5 rings (SSSR count). The highest BCUT2D eigenvalue weighted by molar-refractivity contribution is 5.90. The van der Waals surface area contributed by atoms with Crippen LogP contribution in [0.25, 0.3) is 10.9 Å². The molecule has 2 aliphatic rings. The summed E-state index contributed by atoms with van der Waals surface area (Å²) < 4.78 is 4.37. The molecule has 6 heteroatoms. The predicted molar refractivity (Wildman–Crippen MR) is 123 cm³/mol. The summed E-state index contributed by atoms with van der Waals surface area (Å²) in [5, 5.41) is 8.32. The summed E-state index contributed by atoms with van der Waals surface area (Å²) in [5.41, 5.74) is 3.80. The van der Waals surface area contributed by atoms with Crippen LogP contribution in [0.15, 0.2) is 36.8 Å². The van der Waals surface area contributed by atoms with Gasteiger partial charge in [-0.3, -0.25) is 10.1 Å². The van der Waals surface area contributed by atoms with Crippen LogP contribution in [0.2, 0.25) is 0 Å². The fourth-order valence-corrected chi connectivity index (χ4v) is 5.05. The highest BCUT2D eigenvalue weighted by atomic mass is 16.2. The number of nitrogens with one attached hydrogen (secondary N) is 2. The molecule has 0 saturated heterocycles. The number of aryl methyl sites for hydroxylation is 1. The van der Waals surface area contributed by atoms with Gasteiger partial charge in [-0.2, -0.15) is 0 Å². The Morgan fingerprint density at radius 3 is 2.84 bits per heavy atom. The molecule has 2 aromatic heterocycles. The molecule has 0 bridgehead atoms. The minimum absolute atomic E-state index is 0.149. The van der Waals surface area contributed by atoms with Gasteiger partial charge in [-0.1, -0.05) is 26.0 Å². The Labute approximate surface area is 184 Å². The van der Waals surface area contributed by atoms with Crippen molar-refractivity contribution in [3.63, 3.8) is 0 Å². The van der Waals surface area contributed by atoms with E-state index in [1.165, 1.54) is 28.5 Å². The van der Waals surface area contributed by atoms with Gasteiger partial charge in [0, 0.05) is 48.6 Å². The molecule has 2 atom stereocenters. The summed E-state index contributed by atoms with van der Waals surface area (Å²) in [5.74, 6) is 1.72. The number of carbonyl (C=O) groups is 1. The molecule has 1 aliphatic carbocycles. The van der Waals surface area contributed by atoms with Crippen molar-refractivity contribution in [1.82, 2.24) is 24.8 Å². The van der Waals surface area contributed by atoms with Gasteiger partial charge in [-0.05, 0) is 55.2 Å². The zero-order valence-corrected chi connectivity index (χ0v) is 18.8. The lowest BCUT2D eigenvalue weighted by Crippen LogP contribution is -2.51. The van der Waals surface area contributed by atoms with Crippen LogP contribution in [0.5, 0.6) is 0 Å². The summed E-state index contributed by atoms with van der Waals surface area (Å²) in [6.07, 6.45) is 11.2. The van der Waals surface area contributed by atoms with E-state index < -0.39 is 0 Å². The zero-order valence-electron chi connectivity index (χ0n) is 18.8. The Kier molecular flexibility index (Phi) is 5.34. The van der Waals surface area contributed by atoms with Gasteiger partial charge < -0.3 is 14.5 Å². The molecular formula is C25H33N5O. The number of rotatable bonds is 6. The van der Waals surface area contributed by atoms with Gasteiger partial charge in [-0.15, -0.1) is 0 Å². The third-order valence-electron chi connectivity index (χ3n) is 6.93. The topological polar surface area (TPSA) is 63.9 Å². The molecule has 6 nitrogen and oxygen atoms in total. The summed E-state index contributed by atoms with van der Waals surface area (Å²) in [4.78, 5) is 17.7. The highest BCUT2D eigenvalue weighted by Gasteiger charge is 2.32. The second-order valence-corrected chi connectivity index (χ2v) is 9.72. The molecule has 0 spiro atoms. The van der Waals surface area contributed by atoms with Crippen molar-refractivity contribution in [3.05, 3.63) is 53.7 Å². The van der Waals surface area contributed by atoms with E-state index in [1.807, 2.05) is 19.4 Å². The first kappa shape index (κ1) is 20.3. The van der Waals surface area contributed by atoms with Gasteiger partial charge in [0.1, 0.15) is 5.82 Å². The van der Waals surface area contributed by atoms with E-state index in [4.69, 9.17) is 0 Å². The lowest BCUT2D eigenvalue weighted by molar-refractivity contribution is -0.124. The van der Waals surface area contributed by atoms with E-state index in [1.54, 1.807) is 0 Å². The highest BCUT2D eigenvalue weighted by Crippen LogP contribution is 2.36. The van der Waals surface area contributed by atoms with Crippen molar-refractivity contribution in [2.45, 2.75) is 70.6 Å². The first-order valence-corrected chi connectivity index (χ1v) is 11.6. The van der Waals surface area contributed by atoms with Gasteiger partial charge >= 0.3 is 0 Å². The van der Waals surface area contributed by atoms with Crippen LogP contribution >= 0.6 is 0 Å². The van der Waals surface area contributed by atoms with Crippen LogP contribution in [0.4, 0.5) is 0 Å². The van der Waals surface area contributed by atoms with Crippen LogP contribution < -0.4 is 10.6 Å². The van der Waals surface area contributed by atoms with E-state index in [-0.39, 0.29) is 18.0 Å². The minimum Gasteiger partial charge on any atom is -0.352 e. The molecule has 2 N–H and O–H groups in total. The molecule has 31 heavy (non-hydrogen) atoms. The van der Waals surface area contributed by atoms with Crippen LogP contribution in [-0.2, 0) is 24.8 Å². The molecular weight excluding hydrogens is 386 g/mol. The largest absolute Gasteiger partial charge is 0.352 e. The normalized spacial score (nSPS) is 21.3. The van der Waals surface area contributed by atoms with Gasteiger partial charge in [0.05, 0.1) is 12.6 Å². The Balaban J connectivity index is 1.54. The number of amides is 1. The second-order valence-electron chi connectivity index (χ2n) is 9.72. The summed E-state index contributed by atoms with van der Waals surface area (Å²) in [6.45, 7) is 5.23. The lowest BCUT2D eigenvalue weighted by Gasteiger charge is -2.30. The van der Waals surface area contributed by atoms with Crippen LogP contribution in [-0.4, -0.2) is 32.1 Å². The molecule has 1 fully saturated rings. The Morgan fingerprint density at radius 1 is 1.32 bits per heavy atom. The summed E-state index contributed by atoms with van der Waals surface area (Å²) >= 11 is 0. The zero-order chi connectivity index (χ0) is 21.5. The molecule has 0 radical (unpaired) electrons. The van der Waals surface area contributed by atoms with E-state index in [9.17, 15) is 4.79 Å². The van der Waals surface area contributed by atoms with Crippen molar-refractivity contribution in [3.8, 4) is 0 Å². The van der Waals surface area contributed by atoms with Crippen molar-refractivity contribution in [2.24, 2.45) is 13.0 Å². The van der Waals surface area contributed by atoms with Crippen molar-refractivity contribution < 1.29 is 4.79 Å². The van der Waals surface area contributed by atoms with Crippen molar-refractivity contribution in [1.29, 1.82) is 0 Å². The Hall–Kier alpha value is -2.60. The number of nitrogens with zero attached hydrogens (tertiary/aromatic N) is 3. The monoisotopic (exact) mass is 419 g/mol. The van der Waals surface area contributed by atoms with Crippen LogP contribution in [0.3, 0.4) is 0 Å². The lowest BCUT2D eigenvalue weighted by atomic mass is 9.92. The third kappa shape index (κ3) is 3.89. The van der Waals surface area contributed by atoms with E-state index in [0.29, 0.717) is 18.4 Å². The molecule has 1 aromatic carbocycles. The number of carbonyl (C=O) groups excluding carboxylic acids is 1. The van der Waals surface area contributed by atoms with E-state index in [2.05, 4.69) is 63.0 Å². The Morgan fingerprint density at radius 2 is 2.16 bits per heavy atom. The molecule has 1 saturated carbocycles. The number of aromatic nitrogens is 3. The number of hydrogen-bond donors (Lipinski definition) is 2. The number of hydrogen-bond acceptors (Lipinski definition) is 3. The average molecular weight is 420 g/mol. The van der Waals surface area contributed by atoms with Gasteiger partial charge in [-0.25, -0.2) is 4.98 Å². The van der Waals surface area contributed by atoms with Crippen molar-refractivity contribution in [2.75, 3.05) is 0 Å². The number of imidazole rings is 1. The van der Waals surface area contributed by atoms with Gasteiger partial charge in [0.2, 0.25) is 5.91 Å². The first-order valence-electron chi connectivity index (χ1n) is 11.6. The summed E-state index contributed by atoms with van der Waals surface area (Å²) in [6, 6.07) is 6.92. The molecule has 1 aliphatic heterocycles.